The Morgan fingerprint density at radius 3 is 2.62 bits per heavy atom. The van der Waals surface area contributed by atoms with Gasteiger partial charge in [-0.3, -0.25) is 9.59 Å². The van der Waals surface area contributed by atoms with Gasteiger partial charge in [0.25, 0.3) is 0 Å². The summed E-state index contributed by atoms with van der Waals surface area (Å²) in [5.41, 5.74) is 1.92. The van der Waals surface area contributed by atoms with E-state index in [0.29, 0.717) is 11.3 Å². The average Bonchev–Trinajstić information content (AvgIpc) is 2.55. The minimum Gasteiger partial charge on any atom is -0.665 e. The number of unbranched alkanes of at least 4 members (excludes halogenated alkanes) is 1. The van der Waals surface area contributed by atoms with E-state index in [4.69, 9.17) is 0 Å². The summed E-state index contributed by atoms with van der Waals surface area (Å²) in [5.74, 6) is -0.253. The van der Waals surface area contributed by atoms with Crippen LogP contribution in [0, 0.1) is 13.5 Å². The van der Waals surface area contributed by atoms with Crippen molar-refractivity contribution < 1.29 is 122 Å². The maximum absolute atomic E-state index is 12.6. The third-order valence-corrected chi connectivity index (χ3v) is 3.53. The van der Waals surface area contributed by atoms with Crippen LogP contribution in [0.1, 0.15) is 28.8 Å². The van der Waals surface area contributed by atoms with Crippen LogP contribution in [0.4, 0.5) is 5.69 Å². The zero-order valence-corrected chi connectivity index (χ0v) is 25.2. The van der Waals surface area contributed by atoms with Crippen molar-refractivity contribution in [3.05, 3.63) is 48.1 Å². The van der Waals surface area contributed by atoms with Crippen molar-refractivity contribution in [2.75, 3.05) is 32.1 Å². The smallest absolute Gasteiger partial charge is 0.665 e. The molecule has 8 heteroatoms. The Morgan fingerprint density at radius 1 is 1.33 bits per heavy atom. The van der Waals surface area contributed by atoms with Crippen molar-refractivity contribution in [1.29, 1.82) is 0 Å². The summed E-state index contributed by atoms with van der Waals surface area (Å²) in [6.07, 6.45) is 1.59. The van der Waals surface area contributed by atoms with Crippen molar-refractivity contribution >= 4 is 17.5 Å². The zero-order chi connectivity index (χ0) is 15.4. The third kappa shape index (κ3) is 7.31. The van der Waals surface area contributed by atoms with Crippen LogP contribution >= 0.6 is 0 Å². The Balaban J connectivity index is 0. The van der Waals surface area contributed by atoms with Gasteiger partial charge in [-0.05, 0) is 0 Å². The Morgan fingerprint density at radius 2 is 2.00 bits per heavy atom. The van der Waals surface area contributed by atoms with Crippen molar-refractivity contribution in [3.8, 4) is 0 Å². The SMILES string of the molecule is [CH2-]c1ccc2c(c1)C(=O)N([CH-]CCC[N-]C)CC(=O)N2C.[Rb+].[W].[Y]. The zero-order valence-electron chi connectivity index (χ0n) is 14.5. The number of carbonyl (C=O) groups is 2. The first-order chi connectivity index (χ1) is 10.0. The van der Waals surface area contributed by atoms with Gasteiger partial charge in [0.15, 0.2) is 0 Å². The van der Waals surface area contributed by atoms with Crippen LogP contribution in [0.5, 0.6) is 0 Å². The number of nitrogens with zero attached hydrogens (tertiary/aromatic N) is 3. The molecule has 24 heavy (non-hydrogen) atoms. The number of hydrogen-bond donors (Lipinski definition) is 0. The molecule has 1 radical (unpaired) electrons. The maximum atomic E-state index is 12.6. The van der Waals surface area contributed by atoms with E-state index < -0.39 is 0 Å². The molecule has 5 nitrogen and oxygen atoms in total. The second-order valence-electron chi connectivity index (χ2n) is 5.10. The number of rotatable bonds is 5. The Kier molecular flexibility index (Phi) is 15.9. The van der Waals surface area contributed by atoms with E-state index in [0.717, 1.165) is 24.9 Å². The van der Waals surface area contributed by atoms with Crippen LogP contribution in [-0.4, -0.2) is 43.9 Å². The quantitative estimate of drug-likeness (QED) is 0.313. The van der Waals surface area contributed by atoms with Crippen LogP contribution in [-0.2, 0) is 58.6 Å². The van der Waals surface area contributed by atoms with Crippen molar-refractivity contribution in [3.63, 3.8) is 0 Å². The number of amides is 2. The molecule has 0 bridgehead atoms. The van der Waals surface area contributed by atoms with Crippen LogP contribution in [0.25, 0.3) is 5.32 Å². The summed E-state index contributed by atoms with van der Waals surface area (Å²) in [6.45, 7) is 6.47. The number of anilines is 1. The molecule has 0 aliphatic carbocycles. The molecule has 1 aromatic carbocycles. The number of fused-ring (bicyclic) bond motifs is 1. The fourth-order valence-electron chi connectivity index (χ4n) is 2.30. The standard InChI is InChI=1S/C16H20N3O2.Rb.W.Y/c1-12-6-7-14-13(10-12)16(21)19(9-5-4-8-17-2)11-15(20)18(14)3;;;/h6-7,9-10H,1,4-5,8,11H2,2-3H3;;;/q-3;+1;;. The first-order valence-corrected chi connectivity index (χ1v) is 6.97. The van der Waals surface area contributed by atoms with E-state index in [9.17, 15) is 9.59 Å². The summed E-state index contributed by atoms with van der Waals surface area (Å²) in [4.78, 5) is 27.8. The maximum Gasteiger partial charge on any atom is 1.00 e. The third-order valence-electron chi connectivity index (χ3n) is 3.53. The fourth-order valence-corrected chi connectivity index (χ4v) is 2.30. The van der Waals surface area contributed by atoms with Gasteiger partial charge in [-0.25, -0.2) is 6.54 Å². The topological polar surface area (TPSA) is 54.7 Å². The molecule has 2 amide bonds. The minimum atomic E-state index is -0.151. The number of carbonyl (C=O) groups excluding carboxylic acids is 2. The minimum absolute atomic E-state index is 0. The Labute approximate surface area is 233 Å². The molecule has 2 rings (SSSR count). The molecule has 1 aliphatic rings. The van der Waals surface area contributed by atoms with E-state index in [1.807, 2.05) is 0 Å². The molecule has 0 unspecified atom stereocenters. The van der Waals surface area contributed by atoms with Crippen molar-refractivity contribution in [1.82, 2.24) is 4.90 Å². The van der Waals surface area contributed by atoms with Gasteiger partial charge in [0.1, 0.15) is 0 Å². The monoisotopic (exact) mass is 644 g/mol. The molecule has 0 saturated carbocycles. The normalized spacial score (nSPS) is 13.2. The van der Waals surface area contributed by atoms with Crippen molar-refractivity contribution in [2.45, 2.75) is 12.8 Å². The predicted molar refractivity (Wildman–Crippen MR) is 83.0 cm³/mol. The molecular formula is C16H20N3O2RbWY-2. The second kappa shape index (κ2) is 13.7. The average molecular weight is 645 g/mol. The Bertz CT molecular complexity index is 560. The summed E-state index contributed by atoms with van der Waals surface area (Å²) >= 11 is 0. The molecular weight excluding hydrogens is 624 g/mol. The van der Waals surface area contributed by atoms with Gasteiger partial charge in [-0.1, -0.05) is 12.5 Å². The van der Waals surface area contributed by atoms with Crippen LogP contribution in [0.2, 0.25) is 0 Å². The predicted octanol–water partition coefficient (Wildman–Crippen LogP) is -0.768. The molecule has 0 spiro atoms. The summed E-state index contributed by atoms with van der Waals surface area (Å²) < 4.78 is 0. The molecule has 0 aromatic heterocycles. The van der Waals surface area contributed by atoms with E-state index in [1.54, 1.807) is 38.8 Å². The van der Waals surface area contributed by atoms with Gasteiger partial charge in [-0.2, -0.15) is 38.6 Å². The molecule has 0 saturated heterocycles. The van der Waals surface area contributed by atoms with Gasteiger partial charge < -0.3 is 15.1 Å². The van der Waals surface area contributed by atoms with Crippen molar-refractivity contribution in [2.24, 2.45) is 0 Å². The molecule has 0 fully saturated rings. The van der Waals surface area contributed by atoms with E-state index in [2.05, 4.69) is 12.2 Å². The van der Waals surface area contributed by atoms with Gasteiger partial charge in [0, 0.05) is 72.1 Å². The molecule has 1 heterocycles. The van der Waals surface area contributed by atoms with Crippen LogP contribution < -0.4 is 63.1 Å². The van der Waals surface area contributed by atoms with Gasteiger partial charge in [0.05, 0.1) is 6.54 Å². The van der Waals surface area contributed by atoms with Gasteiger partial charge in [-0.15, -0.1) is 6.07 Å². The molecule has 123 valence electrons. The van der Waals surface area contributed by atoms with Crippen LogP contribution in [0.3, 0.4) is 0 Å². The van der Waals surface area contributed by atoms with E-state index in [-0.39, 0.29) is 130 Å². The second-order valence-corrected chi connectivity index (χ2v) is 5.10. The molecule has 1 aromatic rings. The van der Waals surface area contributed by atoms with Gasteiger partial charge >= 0.3 is 58.2 Å². The van der Waals surface area contributed by atoms with Crippen LogP contribution in [0.15, 0.2) is 18.2 Å². The Hall–Kier alpha value is 1.59. The summed E-state index contributed by atoms with van der Waals surface area (Å²) in [7, 11) is 3.46. The summed E-state index contributed by atoms with van der Waals surface area (Å²) in [6, 6.07) is 5.31. The largest absolute Gasteiger partial charge is 1.00 e. The number of hydrogen-bond acceptors (Lipinski definition) is 2. The first-order valence-electron chi connectivity index (χ1n) is 6.97. The number of likely N-dealkylation sites (N-methyl/N-ethyl adjacent to an activating group) is 1. The first kappa shape index (κ1) is 27.8. The molecule has 0 N–H and O–H groups in total. The van der Waals surface area contributed by atoms with E-state index >= 15 is 0 Å². The van der Waals surface area contributed by atoms with E-state index in [1.165, 1.54) is 9.80 Å². The molecule has 0 atom stereocenters. The number of benzene rings is 1. The molecule has 1 aliphatic heterocycles. The summed E-state index contributed by atoms with van der Waals surface area (Å²) in [5, 5.41) is 4.02. The van der Waals surface area contributed by atoms with Gasteiger partial charge in [0.2, 0.25) is 11.8 Å². The fraction of sp³-hybridized carbons (Fsp3) is 0.375.